The molecule has 0 bridgehead atoms. The summed E-state index contributed by atoms with van der Waals surface area (Å²) in [5.74, 6) is -1.15. The third-order valence-corrected chi connectivity index (χ3v) is 4.82. The summed E-state index contributed by atoms with van der Waals surface area (Å²) in [7, 11) is 0. The molecule has 0 fully saturated rings. The predicted octanol–water partition coefficient (Wildman–Crippen LogP) is 4.14. The molecule has 6 nitrogen and oxygen atoms in total. The van der Waals surface area contributed by atoms with E-state index in [-0.39, 0.29) is 5.56 Å². The van der Waals surface area contributed by atoms with E-state index in [1.54, 1.807) is 12.5 Å². The number of oxazole rings is 1. The molecule has 1 aromatic carbocycles. The zero-order valence-corrected chi connectivity index (χ0v) is 15.4. The maximum atomic E-state index is 13.7. The molecule has 0 atom stereocenters. The van der Waals surface area contributed by atoms with Gasteiger partial charge in [-0.2, -0.15) is 0 Å². The average molecular weight is 378 g/mol. The number of amides is 1. The highest BCUT2D eigenvalue weighted by atomic mass is 19.1. The Balaban J connectivity index is 1.50. The molecular formula is C21H19FN4O2. The minimum Gasteiger partial charge on any atom is -0.432 e. The van der Waals surface area contributed by atoms with Crippen molar-refractivity contribution < 1.29 is 13.6 Å². The van der Waals surface area contributed by atoms with E-state index in [1.807, 2.05) is 24.3 Å². The monoisotopic (exact) mass is 378 g/mol. The first kappa shape index (κ1) is 17.9. The van der Waals surface area contributed by atoms with E-state index >= 15 is 0 Å². The van der Waals surface area contributed by atoms with Gasteiger partial charge >= 0.3 is 0 Å². The molecule has 7 heteroatoms. The number of hydrogen-bond acceptors (Lipinski definition) is 5. The molecule has 0 spiro atoms. The van der Waals surface area contributed by atoms with Gasteiger partial charge in [0, 0.05) is 25.0 Å². The highest BCUT2D eigenvalue weighted by Crippen LogP contribution is 2.29. The fraction of sp³-hybridized carbons (Fsp3) is 0.190. The number of nitrogens with one attached hydrogen (secondary N) is 1. The number of anilines is 2. The summed E-state index contributed by atoms with van der Waals surface area (Å²) in [5.41, 5.74) is 4.16. The molecule has 0 saturated carbocycles. The SMILES string of the molecule is CC1=C(c2ccc(NC(=O)c3ccncc3F)cc2)CN(c2ncco2)CC1. The van der Waals surface area contributed by atoms with Crippen molar-refractivity contribution in [2.24, 2.45) is 0 Å². The zero-order valence-electron chi connectivity index (χ0n) is 15.4. The van der Waals surface area contributed by atoms with Crippen LogP contribution in [0.2, 0.25) is 0 Å². The van der Waals surface area contributed by atoms with Crippen LogP contribution in [0.5, 0.6) is 0 Å². The summed E-state index contributed by atoms with van der Waals surface area (Å²) in [5, 5.41) is 2.71. The lowest BCUT2D eigenvalue weighted by molar-refractivity contribution is 0.102. The van der Waals surface area contributed by atoms with Crippen LogP contribution < -0.4 is 10.2 Å². The first-order valence-electron chi connectivity index (χ1n) is 8.96. The smallest absolute Gasteiger partial charge is 0.297 e. The second-order valence-electron chi connectivity index (χ2n) is 6.63. The van der Waals surface area contributed by atoms with Gasteiger partial charge in [-0.15, -0.1) is 0 Å². The van der Waals surface area contributed by atoms with E-state index < -0.39 is 11.7 Å². The molecule has 0 aliphatic carbocycles. The average Bonchev–Trinajstić information content (AvgIpc) is 3.24. The number of halogens is 1. The molecule has 1 aliphatic heterocycles. The Morgan fingerprint density at radius 3 is 2.75 bits per heavy atom. The lowest BCUT2D eigenvalue weighted by atomic mass is 9.95. The number of rotatable bonds is 4. The minimum atomic E-state index is -0.647. The van der Waals surface area contributed by atoms with Crippen molar-refractivity contribution in [2.75, 3.05) is 23.3 Å². The standard InChI is InChI=1S/C21H19FN4O2/c1-14-7-10-26(21-24-9-11-28-21)13-18(14)15-2-4-16(5-3-15)25-20(27)17-6-8-23-12-19(17)22/h2-6,8-9,11-12H,7,10,13H2,1H3,(H,25,27). The van der Waals surface area contributed by atoms with Crippen LogP contribution in [0.1, 0.15) is 29.3 Å². The van der Waals surface area contributed by atoms with Crippen molar-refractivity contribution in [2.45, 2.75) is 13.3 Å². The largest absolute Gasteiger partial charge is 0.432 e. The van der Waals surface area contributed by atoms with E-state index in [0.717, 1.165) is 24.7 Å². The lowest BCUT2D eigenvalue weighted by Crippen LogP contribution is -2.31. The first-order chi connectivity index (χ1) is 13.6. The summed E-state index contributed by atoms with van der Waals surface area (Å²) in [4.78, 5) is 22.2. The maximum absolute atomic E-state index is 13.7. The van der Waals surface area contributed by atoms with Gasteiger partial charge in [-0.1, -0.05) is 17.7 Å². The third kappa shape index (κ3) is 3.64. The summed E-state index contributed by atoms with van der Waals surface area (Å²) in [6.07, 6.45) is 6.55. The Labute approximate surface area is 161 Å². The second-order valence-corrected chi connectivity index (χ2v) is 6.63. The van der Waals surface area contributed by atoms with Gasteiger partial charge in [0.2, 0.25) is 0 Å². The van der Waals surface area contributed by atoms with Crippen molar-refractivity contribution >= 4 is 23.2 Å². The van der Waals surface area contributed by atoms with Crippen molar-refractivity contribution in [3.63, 3.8) is 0 Å². The Hall–Kier alpha value is -3.48. The summed E-state index contributed by atoms with van der Waals surface area (Å²) in [6.45, 7) is 3.70. The highest BCUT2D eigenvalue weighted by molar-refractivity contribution is 6.04. The van der Waals surface area contributed by atoms with Crippen LogP contribution in [0.3, 0.4) is 0 Å². The fourth-order valence-electron chi connectivity index (χ4n) is 3.24. The number of nitrogens with zero attached hydrogens (tertiary/aromatic N) is 3. The van der Waals surface area contributed by atoms with Crippen molar-refractivity contribution in [1.82, 2.24) is 9.97 Å². The van der Waals surface area contributed by atoms with E-state index in [2.05, 4.69) is 27.1 Å². The van der Waals surface area contributed by atoms with E-state index in [1.165, 1.54) is 23.4 Å². The predicted molar refractivity (Wildman–Crippen MR) is 105 cm³/mol. The van der Waals surface area contributed by atoms with Crippen molar-refractivity contribution in [3.8, 4) is 0 Å². The molecule has 1 N–H and O–H groups in total. The van der Waals surface area contributed by atoms with Gasteiger partial charge < -0.3 is 14.6 Å². The highest BCUT2D eigenvalue weighted by Gasteiger charge is 2.21. The van der Waals surface area contributed by atoms with E-state index in [0.29, 0.717) is 18.2 Å². The summed E-state index contributed by atoms with van der Waals surface area (Å²) in [6, 6.07) is 9.51. The van der Waals surface area contributed by atoms with Gasteiger partial charge in [0.25, 0.3) is 11.9 Å². The minimum absolute atomic E-state index is 0.0356. The zero-order chi connectivity index (χ0) is 19.5. The fourth-order valence-corrected chi connectivity index (χ4v) is 3.24. The normalized spacial score (nSPS) is 14.3. The number of benzene rings is 1. The lowest BCUT2D eigenvalue weighted by Gasteiger charge is -2.29. The molecular weight excluding hydrogens is 359 g/mol. The van der Waals surface area contributed by atoms with Crippen LogP contribution in [0.4, 0.5) is 16.1 Å². The molecule has 1 aliphatic rings. The molecule has 2 aromatic heterocycles. The van der Waals surface area contributed by atoms with Crippen LogP contribution in [0.15, 0.2) is 65.2 Å². The Morgan fingerprint density at radius 2 is 2.04 bits per heavy atom. The molecule has 0 radical (unpaired) electrons. The van der Waals surface area contributed by atoms with Gasteiger partial charge in [0.05, 0.1) is 18.0 Å². The maximum Gasteiger partial charge on any atom is 0.297 e. The molecule has 3 heterocycles. The number of hydrogen-bond donors (Lipinski definition) is 1. The third-order valence-electron chi connectivity index (χ3n) is 4.82. The van der Waals surface area contributed by atoms with Gasteiger partial charge in [-0.3, -0.25) is 9.78 Å². The molecule has 0 unspecified atom stereocenters. The van der Waals surface area contributed by atoms with Crippen LogP contribution in [0.25, 0.3) is 5.57 Å². The van der Waals surface area contributed by atoms with Gasteiger partial charge in [-0.25, -0.2) is 9.37 Å². The number of pyridine rings is 1. The number of carbonyl (C=O) groups excluding carboxylic acids is 1. The molecule has 28 heavy (non-hydrogen) atoms. The van der Waals surface area contributed by atoms with Gasteiger partial charge in [0.15, 0.2) is 5.82 Å². The van der Waals surface area contributed by atoms with E-state index in [4.69, 9.17) is 4.42 Å². The van der Waals surface area contributed by atoms with Gasteiger partial charge in [0.1, 0.15) is 6.26 Å². The Bertz CT molecular complexity index is 1010. The summed E-state index contributed by atoms with van der Waals surface area (Å²) >= 11 is 0. The quantitative estimate of drug-likeness (QED) is 0.739. The van der Waals surface area contributed by atoms with Gasteiger partial charge in [-0.05, 0) is 42.7 Å². The van der Waals surface area contributed by atoms with Crippen LogP contribution >= 0.6 is 0 Å². The molecule has 4 rings (SSSR count). The van der Waals surface area contributed by atoms with E-state index in [9.17, 15) is 9.18 Å². The molecule has 1 amide bonds. The topological polar surface area (TPSA) is 71.3 Å². The Morgan fingerprint density at radius 1 is 1.21 bits per heavy atom. The van der Waals surface area contributed by atoms with Crippen LogP contribution in [-0.2, 0) is 0 Å². The van der Waals surface area contributed by atoms with Crippen molar-refractivity contribution in [3.05, 3.63) is 77.7 Å². The first-order valence-corrected chi connectivity index (χ1v) is 8.96. The molecule has 142 valence electrons. The van der Waals surface area contributed by atoms with Crippen molar-refractivity contribution in [1.29, 1.82) is 0 Å². The number of carbonyl (C=O) groups is 1. The molecule has 3 aromatic rings. The van der Waals surface area contributed by atoms with Crippen LogP contribution in [0, 0.1) is 5.82 Å². The number of aromatic nitrogens is 2. The Kier molecular flexibility index (Phi) is 4.89. The molecule has 0 saturated heterocycles. The second kappa shape index (κ2) is 7.64. The summed E-state index contributed by atoms with van der Waals surface area (Å²) < 4.78 is 19.1. The van der Waals surface area contributed by atoms with Crippen LogP contribution in [-0.4, -0.2) is 29.0 Å².